The number of benzene rings is 2. The minimum absolute atomic E-state index is 0. The number of allylic oxidation sites excluding steroid dienone is 4. The van der Waals surface area contributed by atoms with Crippen molar-refractivity contribution in [3.63, 3.8) is 0 Å². The summed E-state index contributed by atoms with van der Waals surface area (Å²) in [6.45, 7) is 0. The number of alkyl halides is 3. The van der Waals surface area contributed by atoms with Crippen molar-refractivity contribution in [1.29, 1.82) is 0 Å². The zero-order valence-corrected chi connectivity index (χ0v) is 17.1. The van der Waals surface area contributed by atoms with Crippen molar-refractivity contribution in [2.45, 2.75) is 12.6 Å². The normalized spacial score (nSPS) is 13.0. The van der Waals surface area contributed by atoms with Crippen LogP contribution in [0, 0.1) is 6.08 Å². The fourth-order valence-corrected chi connectivity index (χ4v) is 3.02. The van der Waals surface area contributed by atoms with Gasteiger partial charge in [-0.3, -0.25) is 4.98 Å². The van der Waals surface area contributed by atoms with Gasteiger partial charge in [0.2, 0.25) is 0 Å². The van der Waals surface area contributed by atoms with Crippen LogP contribution in [-0.2, 0) is 23.5 Å². The molecule has 7 heteroatoms. The van der Waals surface area contributed by atoms with E-state index in [0.29, 0.717) is 6.42 Å². The van der Waals surface area contributed by atoms with Gasteiger partial charge in [0.15, 0.2) is 0 Å². The largest absolute Gasteiger partial charge is 3.00 e. The van der Waals surface area contributed by atoms with Crippen LogP contribution in [0.15, 0.2) is 66.9 Å². The minimum atomic E-state index is -4.32. The molecule has 1 radical (unpaired) electrons. The van der Waals surface area contributed by atoms with Crippen LogP contribution >= 0.6 is 0 Å². The van der Waals surface area contributed by atoms with Crippen LogP contribution in [0.3, 0.4) is 0 Å². The average Bonchev–Trinajstić information content (AvgIpc) is 3.10. The number of para-hydroxylation sites is 1. The Labute approximate surface area is 184 Å². The summed E-state index contributed by atoms with van der Waals surface area (Å²) < 4.78 is 38.1. The Bertz CT molecular complexity index is 1010. The first-order valence-electron chi connectivity index (χ1n) is 7.87. The van der Waals surface area contributed by atoms with E-state index in [1.165, 1.54) is 12.1 Å². The van der Waals surface area contributed by atoms with Crippen LogP contribution in [0.2, 0.25) is 0 Å². The molecule has 28 heavy (non-hydrogen) atoms. The molecule has 3 aromatic rings. The van der Waals surface area contributed by atoms with Crippen molar-refractivity contribution in [1.82, 2.24) is 4.98 Å². The van der Waals surface area contributed by atoms with Gasteiger partial charge in [-0.2, -0.15) is 19.2 Å². The van der Waals surface area contributed by atoms with Crippen LogP contribution in [0.5, 0.6) is 0 Å². The number of hydrogen-bond acceptors (Lipinski definition) is 1. The molecule has 0 fully saturated rings. The number of halogens is 5. The molecule has 0 saturated heterocycles. The van der Waals surface area contributed by atoms with E-state index in [9.17, 15) is 13.2 Å². The zero-order chi connectivity index (χ0) is 17.4. The molecule has 1 nitrogen and oxygen atoms in total. The number of nitrogens with zero attached hydrogens (tertiary/aromatic N) is 1. The minimum Gasteiger partial charge on any atom is -1.00 e. The van der Waals surface area contributed by atoms with E-state index in [2.05, 4.69) is 11.1 Å². The Morgan fingerprint density at radius 1 is 0.893 bits per heavy atom. The van der Waals surface area contributed by atoms with E-state index in [-0.39, 0.29) is 42.2 Å². The molecule has 1 aliphatic carbocycles. The van der Waals surface area contributed by atoms with Gasteiger partial charge >= 0.3 is 23.5 Å². The number of pyridine rings is 1. The summed E-state index contributed by atoms with van der Waals surface area (Å²) in [7, 11) is 0. The molecule has 1 aliphatic rings. The monoisotopic (exact) mass is 458 g/mol. The smallest absolute Gasteiger partial charge is 1.00 e. The quantitative estimate of drug-likeness (QED) is 0.490. The van der Waals surface area contributed by atoms with E-state index >= 15 is 0 Å². The standard InChI is InChI=1S/C21H13F3N.2ClH.Cr/c22-21(23,24)18-10-8-14(9-11-18)16-6-7-17(13-16)19-5-1-3-15-4-2-12-25-20(15)19;;;/h1-6,8-12H,7H2;2*1H;/q-1;;;+3/p-2. The summed E-state index contributed by atoms with van der Waals surface area (Å²) in [6.07, 6.45) is 3.44. The third-order valence-corrected chi connectivity index (χ3v) is 4.28. The first-order chi connectivity index (χ1) is 12.0. The third-order valence-electron chi connectivity index (χ3n) is 4.28. The summed E-state index contributed by atoms with van der Waals surface area (Å²) in [5.41, 5.74) is 3.83. The number of fused-ring (bicyclic) bond motifs is 1. The molecule has 1 aromatic heterocycles. The molecular weight excluding hydrogens is 446 g/mol. The van der Waals surface area contributed by atoms with E-state index in [4.69, 9.17) is 0 Å². The van der Waals surface area contributed by atoms with Crippen molar-refractivity contribution < 1.29 is 55.3 Å². The summed E-state index contributed by atoms with van der Waals surface area (Å²) in [5.74, 6) is 0. The van der Waals surface area contributed by atoms with Gasteiger partial charge in [-0.25, -0.2) is 0 Å². The van der Waals surface area contributed by atoms with Gasteiger partial charge in [0.25, 0.3) is 0 Å². The van der Waals surface area contributed by atoms with Gasteiger partial charge in [0, 0.05) is 11.7 Å². The fraction of sp³-hybridized carbons (Fsp3) is 0.0952. The van der Waals surface area contributed by atoms with E-state index < -0.39 is 11.7 Å². The topological polar surface area (TPSA) is 12.9 Å². The van der Waals surface area contributed by atoms with Gasteiger partial charge in [0.05, 0.1) is 5.56 Å². The van der Waals surface area contributed by atoms with Gasteiger partial charge in [-0.15, -0.1) is 17.2 Å². The molecular formula is C21H13Cl2CrF3N. The predicted octanol–water partition coefficient (Wildman–Crippen LogP) is -0.0670. The van der Waals surface area contributed by atoms with Gasteiger partial charge in [-0.05, 0) is 11.5 Å². The number of rotatable bonds is 2. The first kappa shape index (κ1) is 24.3. The first-order valence-corrected chi connectivity index (χ1v) is 7.87. The summed E-state index contributed by atoms with van der Waals surface area (Å²) >= 11 is 0. The van der Waals surface area contributed by atoms with Gasteiger partial charge in [-0.1, -0.05) is 66.1 Å². The molecule has 143 valence electrons. The molecule has 4 rings (SSSR count). The van der Waals surface area contributed by atoms with Gasteiger partial charge in [0.1, 0.15) is 0 Å². The Balaban J connectivity index is 0.00000131. The maximum Gasteiger partial charge on any atom is 3.00 e. The second kappa shape index (κ2) is 9.63. The number of aromatic nitrogens is 1. The Kier molecular flexibility index (Phi) is 8.34. The van der Waals surface area contributed by atoms with Crippen LogP contribution in [0.1, 0.15) is 23.1 Å². The maximum atomic E-state index is 12.7. The molecule has 2 aromatic carbocycles. The summed E-state index contributed by atoms with van der Waals surface area (Å²) in [4.78, 5) is 4.45. The molecule has 0 atom stereocenters. The van der Waals surface area contributed by atoms with Crippen LogP contribution in [0.25, 0.3) is 22.0 Å². The SMILES string of the molecule is FC(F)(F)c1ccc(C2=CCC(c3cccc4cccnc34)=[C-]2)cc1.[Cl-].[Cl-].[Cr+3]. The Morgan fingerprint density at radius 3 is 2.25 bits per heavy atom. The third kappa shape index (κ3) is 4.79. The molecule has 0 spiro atoms. The second-order valence-electron chi connectivity index (χ2n) is 5.88. The average molecular weight is 459 g/mol. The molecule has 0 saturated carbocycles. The maximum absolute atomic E-state index is 12.7. The van der Waals surface area contributed by atoms with Crippen molar-refractivity contribution in [2.75, 3.05) is 0 Å². The molecule has 1 heterocycles. The molecule has 0 unspecified atom stereocenters. The molecule has 0 aliphatic heterocycles. The number of hydrogen-bond donors (Lipinski definition) is 0. The summed E-state index contributed by atoms with van der Waals surface area (Å²) in [6, 6.07) is 15.1. The van der Waals surface area contributed by atoms with E-state index in [1.54, 1.807) is 6.20 Å². The predicted molar refractivity (Wildman–Crippen MR) is 92.4 cm³/mol. The summed E-state index contributed by atoms with van der Waals surface area (Å²) in [5, 5.41) is 1.05. The fourth-order valence-electron chi connectivity index (χ4n) is 3.02. The van der Waals surface area contributed by atoms with Crippen LogP contribution in [0.4, 0.5) is 13.2 Å². The van der Waals surface area contributed by atoms with Crippen molar-refractivity contribution in [3.8, 4) is 0 Å². The Hall–Kier alpha value is -1.77. The van der Waals surface area contributed by atoms with E-state index in [0.717, 1.165) is 45.3 Å². The molecule has 0 amide bonds. The van der Waals surface area contributed by atoms with Crippen molar-refractivity contribution >= 4 is 22.0 Å². The van der Waals surface area contributed by atoms with Crippen molar-refractivity contribution in [3.05, 3.63) is 89.6 Å². The van der Waals surface area contributed by atoms with Gasteiger partial charge < -0.3 is 24.8 Å². The van der Waals surface area contributed by atoms with Crippen LogP contribution in [-0.4, -0.2) is 4.98 Å². The second-order valence-corrected chi connectivity index (χ2v) is 5.88. The molecule has 0 N–H and O–H groups in total. The van der Waals surface area contributed by atoms with E-state index in [1.807, 2.05) is 36.4 Å². The zero-order valence-electron chi connectivity index (χ0n) is 14.3. The Morgan fingerprint density at radius 2 is 1.57 bits per heavy atom. The van der Waals surface area contributed by atoms with Crippen LogP contribution < -0.4 is 24.8 Å². The van der Waals surface area contributed by atoms with Crippen molar-refractivity contribution in [2.24, 2.45) is 0 Å². The molecule has 0 bridgehead atoms.